The molecule has 0 saturated heterocycles. The van der Waals surface area contributed by atoms with Crippen molar-refractivity contribution in [2.75, 3.05) is 13.7 Å². The van der Waals surface area contributed by atoms with Crippen molar-refractivity contribution < 1.29 is 4.74 Å². The van der Waals surface area contributed by atoms with Crippen LogP contribution in [0.25, 0.3) is 0 Å². The van der Waals surface area contributed by atoms with E-state index in [1.165, 1.54) is 44.2 Å². The summed E-state index contributed by atoms with van der Waals surface area (Å²) in [6, 6.07) is 9.05. The van der Waals surface area contributed by atoms with Crippen LogP contribution in [0.3, 0.4) is 0 Å². The summed E-state index contributed by atoms with van der Waals surface area (Å²) < 4.78 is 5.18. The topological polar surface area (TPSA) is 21.3 Å². The summed E-state index contributed by atoms with van der Waals surface area (Å²) in [6.07, 6.45) is 8.08. The molecule has 0 radical (unpaired) electrons. The van der Waals surface area contributed by atoms with Crippen molar-refractivity contribution in [1.29, 1.82) is 0 Å². The van der Waals surface area contributed by atoms with E-state index in [2.05, 4.69) is 24.4 Å². The Kier molecular flexibility index (Phi) is 5.71. The number of nitrogens with one attached hydrogen (secondary N) is 1. The first kappa shape index (κ1) is 14.4. The van der Waals surface area contributed by atoms with E-state index >= 15 is 0 Å². The first-order chi connectivity index (χ1) is 9.28. The minimum Gasteiger partial charge on any atom is -0.497 e. The largest absolute Gasteiger partial charge is 0.497 e. The molecule has 0 heterocycles. The Bertz CT molecular complexity index is 354. The maximum atomic E-state index is 5.18. The van der Waals surface area contributed by atoms with Crippen molar-refractivity contribution in [3.63, 3.8) is 0 Å². The average molecular weight is 261 g/mol. The second-order valence-corrected chi connectivity index (χ2v) is 5.85. The molecule has 1 fully saturated rings. The van der Waals surface area contributed by atoms with Crippen LogP contribution in [0, 0.1) is 5.92 Å². The van der Waals surface area contributed by atoms with Crippen LogP contribution in [-0.4, -0.2) is 19.7 Å². The first-order valence-electron chi connectivity index (χ1n) is 7.64. The summed E-state index contributed by atoms with van der Waals surface area (Å²) in [7, 11) is 1.71. The smallest absolute Gasteiger partial charge is 0.118 e. The molecule has 1 atom stereocenters. The van der Waals surface area contributed by atoms with Gasteiger partial charge in [0.1, 0.15) is 5.75 Å². The lowest BCUT2D eigenvalue weighted by molar-refractivity contribution is 0.414. The number of benzene rings is 1. The number of rotatable bonds is 7. The van der Waals surface area contributed by atoms with Crippen LogP contribution in [0.5, 0.6) is 5.75 Å². The molecule has 2 heteroatoms. The van der Waals surface area contributed by atoms with Gasteiger partial charge in [0.15, 0.2) is 0 Å². The van der Waals surface area contributed by atoms with Crippen LogP contribution in [0.2, 0.25) is 0 Å². The summed E-state index contributed by atoms with van der Waals surface area (Å²) in [4.78, 5) is 0. The Labute approximate surface area is 117 Å². The first-order valence-corrected chi connectivity index (χ1v) is 7.64. The van der Waals surface area contributed by atoms with Crippen LogP contribution >= 0.6 is 0 Å². The third kappa shape index (κ3) is 4.87. The zero-order valence-corrected chi connectivity index (χ0v) is 12.3. The molecule has 0 spiro atoms. The lowest BCUT2D eigenvalue weighted by atomic mass is 10.0. The van der Waals surface area contributed by atoms with Crippen molar-refractivity contribution in [3.05, 3.63) is 29.8 Å². The molecule has 1 saturated carbocycles. The van der Waals surface area contributed by atoms with E-state index < -0.39 is 0 Å². The second kappa shape index (κ2) is 7.54. The zero-order valence-electron chi connectivity index (χ0n) is 12.3. The minimum atomic E-state index is 0.614. The van der Waals surface area contributed by atoms with Crippen molar-refractivity contribution in [2.45, 2.75) is 51.5 Å². The molecule has 1 aromatic rings. The van der Waals surface area contributed by atoms with Crippen LogP contribution < -0.4 is 10.1 Å². The fraction of sp³-hybridized carbons (Fsp3) is 0.647. The van der Waals surface area contributed by atoms with E-state index in [4.69, 9.17) is 4.74 Å². The lowest BCUT2D eigenvalue weighted by Crippen LogP contribution is -2.30. The van der Waals surface area contributed by atoms with Gasteiger partial charge < -0.3 is 10.1 Å². The number of ether oxygens (including phenoxy) is 1. The molecule has 2 nitrogen and oxygen atoms in total. The molecule has 0 aliphatic heterocycles. The highest BCUT2D eigenvalue weighted by Crippen LogP contribution is 2.24. The lowest BCUT2D eigenvalue weighted by Gasteiger charge is -2.17. The molecule has 106 valence electrons. The van der Waals surface area contributed by atoms with E-state index in [0.29, 0.717) is 6.04 Å². The van der Waals surface area contributed by atoms with Gasteiger partial charge in [0.25, 0.3) is 0 Å². The zero-order chi connectivity index (χ0) is 13.5. The molecule has 0 amide bonds. The highest BCUT2D eigenvalue weighted by molar-refractivity contribution is 5.27. The van der Waals surface area contributed by atoms with E-state index in [1.807, 2.05) is 12.1 Å². The molecular formula is C17H27NO. The van der Waals surface area contributed by atoms with E-state index in [1.54, 1.807) is 7.11 Å². The third-order valence-electron chi connectivity index (χ3n) is 4.25. The highest BCUT2D eigenvalue weighted by Gasteiger charge is 2.15. The Morgan fingerprint density at radius 1 is 1.21 bits per heavy atom. The summed E-state index contributed by atoms with van der Waals surface area (Å²) in [5, 5.41) is 3.69. The molecule has 0 bridgehead atoms. The van der Waals surface area contributed by atoms with E-state index in [-0.39, 0.29) is 0 Å². The molecule has 0 aromatic heterocycles. The van der Waals surface area contributed by atoms with Gasteiger partial charge in [-0.25, -0.2) is 0 Å². The Balaban J connectivity index is 1.65. The van der Waals surface area contributed by atoms with Gasteiger partial charge in [-0.2, -0.15) is 0 Å². The van der Waals surface area contributed by atoms with Gasteiger partial charge in [0, 0.05) is 6.04 Å². The third-order valence-corrected chi connectivity index (χ3v) is 4.25. The summed E-state index contributed by atoms with van der Waals surface area (Å²) >= 11 is 0. The predicted molar refractivity (Wildman–Crippen MR) is 80.7 cm³/mol. The Morgan fingerprint density at radius 3 is 2.53 bits per heavy atom. The standard InChI is InChI=1S/C17H27NO/c1-14(18-13-16-5-3-4-6-16)7-8-15-9-11-17(19-2)12-10-15/h9-12,14,16,18H,3-8,13H2,1-2H3. The second-order valence-electron chi connectivity index (χ2n) is 5.85. The Hall–Kier alpha value is -1.02. The van der Waals surface area contributed by atoms with Crippen molar-refractivity contribution >= 4 is 0 Å². The molecular weight excluding hydrogens is 234 g/mol. The van der Waals surface area contributed by atoms with Crippen molar-refractivity contribution in [1.82, 2.24) is 5.32 Å². The summed E-state index contributed by atoms with van der Waals surface area (Å²) in [5.41, 5.74) is 1.40. The number of hydrogen-bond donors (Lipinski definition) is 1. The minimum absolute atomic E-state index is 0.614. The van der Waals surface area contributed by atoms with Crippen LogP contribution in [-0.2, 0) is 6.42 Å². The molecule has 1 aliphatic carbocycles. The molecule has 1 aromatic carbocycles. The monoisotopic (exact) mass is 261 g/mol. The molecule has 19 heavy (non-hydrogen) atoms. The van der Waals surface area contributed by atoms with Crippen molar-refractivity contribution in [3.8, 4) is 5.75 Å². The van der Waals surface area contributed by atoms with Gasteiger partial charge >= 0.3 is 0 Å². The van der Waals surface area contributed by atoms with Crippen LogP contribution in [0.1, 0.15) is 44.6 Å². The van der Waals surface area contributed by atoms with Crippen LogP contribution in [0.15, 0.2) is 24.3 Å². The quantitative estimate of drug-likeness (QED) is 0.806. The van der Waals surface area contributed by atoms with Gasteiger partial charge in [-0.1, -0.05) is 25.0 Å². The van der Waals surface area contributed by atoms with Gasteiger partial charge in [0.2, 0.25) is 0 Å². The number of methoxy groups -OCH3 is 1. The number of hydrogen-bond acceptors (Lipinski definition) is 2. The highest BCUT2D eigenvalue weighted by atomic mass is 16.5. The summed E-state index contributed by atoms with van der Waals surface area (Å²) in [6.45, 7) is 3.52. The Morgan fingerprint density at radius 2 is 1.89 bits per heavy atom. The molecule has 1 unspecified atom stereocenters. The maximum absolute atomic E-state index is 5.18. The van der Waals surface area contributed by atoms with Gasteiger partial charge in [-0.3, -0.25) is 0 Å². The molecule has 2 rings (SSSR count). The predicted octanol–water partition coefficient (Wildman–Crippen LogP) is 3.80. The van der Waals surface area contributed by atoms with Gasteiger partial charge in [-0.15, -0.1) is 0 Å². The fourth-order valence-electron chi connectivity index (χ4n) is 2.86. The van der Waals surface area contributed by atoms with Crippen LogP contribution in [0.4, 0.5) is 0 Å². The van der Waals surface area contributed by atoms with E-state index in [0.717, 1.165) is 18.1 Å². The molecule has 1 N–H and O–H groups in total. The van der Waals surface area contributed by atoms with Crippen molar-refractivity contribution in [2.24, 2.45) is 5.92 Å². The molecule has 1 aliphatic rings. The van der Waals surface area contributed by atoms with Gasteiger partial charge in [-0.05, 0) is 62.8 Å². The average Bonchev–Trinajstić information content (AvgIpc) is 2.96. The fourth-order valence-corrected chi connectivity index (χ4v) is 2.86. The summed E-state index contributed by atoms with van der Waals surface area (Å²) in [5.74, 6) is 1.87. The van der Waals surface area contributed by atoms with Gasteiger partial charge in [0.05, 0.1) is 7.11 Å². The SMILES string of the molecule is COc1ccc(CCC(C)NCC2CCCC2)cc1. The normalized spacial score (nSPS) is 17.6. The number of aryl methyl sites for hydroxylation is 1. The maximum Gasteiger partial charge on any atom is 0.118 e. The van der Waals surface area contributed by atoms with E-state index in [9.17, 15) is 0 Å².